The second-order valence-corrected chi connectivity index (χ2v) is 7.31. The number of rotatable bonds is 7. The fourth-order valence-corrected chi connectivity index (χ4v) is 3.20. The van der Waals surface area contributed by atoms with E-state index in [0.29, 0.717) is 5.75 Å². The summed E-state index contributed by atoms with van der Waals surface area (Å²) in [7, 11) is -2.36. The number of hydrogen-bond donors (Lipinski definition) is 2. The molecule has 0 fully saturated rings. The Bertz CT molecular complexity index is 928. The number of anilines is 2. The number of amides is 2. The van der Waals surface area contributed by atoms with Crippen molar-refractivity contribution < 1.29 is 22.7 Å². The lowest BCUT2D eigenvalue weighted by atomic mass is 10.1. The van der Waals surface area contributed by atoms with Gasteiger partial charge >= 0.3 is 0 Å². The summed E-state index contributed by atoms with van der Waals surface area (Å²) in [6.07, 6.45) is 0.990. The van der Waals surface area contributed by atoms with Gasteiger partial charge in [0.2, 0.25) is 15.9 Å². The van der Waals surface area contributed by atoms with Crippen molar-refractivity contribution in [2.75, 3.05) is 29.5 Å². The lowest BCUT2D eigenvalue weighted by Crippen LogP contribution is -2.38. The fourth-order valence-electron chi connectivity index (χ4n) is 2.34. The Kier molecular flexibility index (Phi) is 5.83. The number of carbonyl (C=O) groups is 2. The molecule has 2 amide bonds. The molecule has 0 saturated heterocycles. The van der Waals surface area contributed by atoms with Crippen molar-refractivity contribution in [1.29, 1.82) is 0 Å². The first-order valence-corrected chi connectivity index (χ1v) is 9.38. The maximum atomic E-state index is 12.4. The second kappa shape index (κ2) is 7.87. The van der Waals surface area contributed by atoms with Gasteiger partial charge in [0, 0.05) is 0 Å². The third kappa shape index (κ3) is 4.51. The summed E-state index contributed by atoms with van der Waals surface area (Å²) in [5.74, 6) is -1.02. The third-order valence-corrected chi connectivity index (χ3v) is 4.63. The molecule has 0 unspecified atom stereocenters. The van der Waals surface area contributed by atoms with Gasteiger partial charge in [0.05, 0.1) is 30.3 Å². The largest absolute Gasteiger partial charge is 0.495 e. The van der Waals surface area contributed by atoms with Crippen molar-refractivity contribution in [2.24, 2.45) is 5.73 Å². The summed E-state index contributed by atoms with van der Waals surface area (Å²) in [6, 6.07) is 12.6. The van der Waals surface area contributed by atoms with Crippen molar-refractivity contribution in [3.8, 4) is 5.75 Å². The van der Waals surface area contributed by atoms with Crippen molar-refractivity contribution in [3.63, 3.8) is 0 Å². The molecule has 0 aliphatic carbocycles. The van der Waals surface area contributed by atoms with Gasteiger partial charge in [-0.3, -0.25) is 13.9 Å². The number of nitrogens with one attached hydrogen (secondary N) is 1. The van der Waals surface area contributed by atoms with Crippen LogP contribution in [-0.4, -0.2) is 40.1 Å². The molecule has 3 N–H and O–H groups in total. The minimum absolute atomic E-state index is 0.129. The first-order chi connectivity index (χ1) is 12.2. The predicted octanol–water partition coefficient (Wildman–Crippen LogP) is 1.20. The number of nitrogens with two attached hydrogens (primary N) is 1. The normalized spacial score (nSPS) is 10.8. The zero-order valence-corrected chi connectivity index (χ0v) is 15.1. The van der Waals surface area contributed by atoms with E-state index in [1.165, 1.54) is 25.3 Å². The molecule has 0 aliphatic rings. The molecule has 0 heterocycles. The van der Waals surface area contributed by atoms with E-state index in [9.17, 15) is 18.0 Å². The van der Waals surface area contributed by atoms with Crippen LogP contribution in [0.15, 0.2) is 48.5 Å². The maximum Gasteiger partial charge on any atom is 0.250 e. The van der Waals surface area contributed by atoms with Crippen molar-refractivity contribution >= 4 is 33.2 Å². The molecule has 26 heavy (non-hydrogen) atoms. The number of hydrogen-bond acceptors (Lipinski definition) is 5. The van der Waals surface area contributed by atoms with Gasteiger partial charge < -0.3 is 15.8 Å². The number of carbonyl (C=O) groups excluding carboxylic acids is 2. The summed E-state index contributed by atoms with van der Waals surface area (Å²) < 4.78 is 30.5. The predicted molar refractivity (Wildman–Crippen MR) is 98.8 cm³/mol. The number of para-hydroxylation sites is 3. The molecule has 2 aromatic carbocycles. The van der Waals surface area contributed by atoms with E-state index in [1.54, 1.807) is 30.3 Å². The summed E-state index contributed by atoms with van der Waals surface area (Å²) in [5, 5.41) is 2.51. The highest BCUT2D eigenvalue weighted by molar-refractivity contribution is 7.92. The molecule has 0 aromatic heterocycles. The van der Waals surface area contributed by atoms with E-state index in [1.807, 2.05) is 0 Å². The van der Waals surface area contributed by atoms with Crippen LogP contribution in [0, 0.1) is 0 Å². The van der Waals surface area contributed by atoms with E-state index < -0.39 is 28.4 Å². The smallest absolute Gasteiger partial charge is 0.250 e. The highest BCUT2D eigenvalue weighted by Gasteiger charge is 2.24. The molecule has 0 radical (unpaired) electrons. The van der Waals surface area contributed by atoms with Gasteiger partial charge in [0.25, 0.3) is 5.91 Å². The van der Waals surface area contributed by atoms with E-state index in [2.05, 4.69) is 5.32 Å². The van der Waals surface area contributed by atoms with Crippen LogP contribution in [0.2, 0.25) is 0 Å². The van der Waals surface area contributed by atoms with Gasteiger partial charge in [0.1, 0.15) is 12.3 Å². The first-order valence-electron chi connectivity index (χ1n) is 7.53. The van der Waals surface area contributed by atoms with Crippen LogP contribution >= 0.6 is 0 Å². The van der Waals surface area contributed by atoms with Crippen LogP contribution < -0.4 is 20.1 Å². The molecule has 8 nitrogen and oxygen atoms in total. The minimum atomic E-state index is -3.76. The summed E-state index contributed by atoms with van der Waals surface area (Å²) in [4.78, 5) is 23.8. The van der Waals surface area contributed by atoms with E-state index >= 15 is 0 Å². The van der Waals surface area contributed by atoms with Gasteiger partial charge in [-0.25, -0.2) is 8.42 Å². The number of primary amides is 1. The molecule has 0 aliphatic heterocycles. The molecular weight excluding hydrogens is 358 g/mol. The molecule has 9 heteroatoms. The highest BCUT2D eigenvalue weighted by atomic mass is 32.2. The van der Waals surface area contributed by atoms with Crippen molar-refractivity contribution in [3.05, 3.63) is 54.1 Å². The van der Waals surface area contributed by atoms with Crippen LogP contribution in [0.5, 0.6) is 5.75 Å². The average Bonchev–Trinajstić information content (AvgIpc) is 2.59. The summed E-state index contributed by atoms with van der Waals surface area (Å²) in [6.45, 7) is -0.494. The van der Waals surface area contributed by atoms with Crippen LogP contribution in [0.3, 0.4) is 0 Å². The number of methoxy groups -OCH3 is 1. The SMILES string of the molecule is COc1ccccc1N(CC(=O)Nc1ccccc1C(N)=O)S(C)(=O)=O. The van der Waals surface area contributed by atoms with Gasteiger partial charge in [-0.05, 0) is 24.3 Å². The number of benzene rings is 2. The molecule has 2 rings (SSSR count). The molecule has 0 atom stereocenters. The van der Waals surface area contributed by atoms with Crippen molar-refractivity contribution in [1.82, 2.24) is 0 Å². The zero-order valence-electron chi connectivity index (χ0n) is 14.3. The molecular formula is C17H19N3O5S. The standard InChI is InChI=1S/C17H19N3O5S/c1-25-15-10-6-5-9-14(15)20(26(2,23)24)11-16(21)19-13-8-4-3-7-12(13)17(18)22/h3-10H,11H2,1-2H3,(H2,18,22)(H,19,21). The molecule has 138 valence electrons. The van der Waals surface area contributed by atoms with Crippen LogP contribution in [0.1, 0.15) is 10.4 Å². The van der Waals surface area contributed by atoms with Crippen LogP contribution in [0.25, 0.3) is 0 Å². The van der Waals surface area contributed by atoms with Gasteiger partial charge in [0.15, 0.2) is 0 Å². The van der Waals surface area contributed by atoms with E-state index in [4.69, 9.17) is 10.5 Å². The Balaban J connectivity index is 2.30. The summed E-state index contributed by atoms with van der Waals surface area (Å²) >= 11 is 0. The van der Waals surface area contributed by atoms with E-state index in [-0.39, 0.29) is 16.9 Å². The fraction of sp³-hybridized carbons (Fsp3) is 0.176. The minimum Gasteiger partial charge on any atom is -0.495 e. The molecule has 0 saturated carbocycles. The highest BCUT2D eigenvalue weighted by Crippen LogP contribution is 2.29. The molecule has 0 spiro atoms. The van der Waals surface area contributed by atoms with Gasteiger partial charge in [-0.15, -0.1) is 0 Å². The monoisotopic (exact) mass is 377 g/mol. The first kappa shape index (κ1) is 19.3. The Labute approximate surface area is 151 Å². The number of nitrogens with zero attached hydrogens (tertiary/aromatic N) is 1. The lowest BCUT2D eigenvalue weighted by Gasteiger charge is -2.23. The quantitative estimate of drug-likeness (QED) is 0.751. The maximum absolute atomic E-state index is 12.4. The zero-order chi connectivity index (χ0) is 19.3. The molecule has 2 aromatic rings. The Morgan fingerprint density at radius 2 is 1.73 bits per heavy atom. The van der Waals surface area contributed by atoms with E-state index in [0.717, 1.165) is 10.6 Å². The number of ether oxygens (including phenoxy) is 1. The van der Waals surface area contributed by atoms with Gasteiger partial charge in [-0.2, -0.15) is 0 Å². The Morgan fingerprint density at radius 1 is 1.12 bits per heavy atom. The summed E-state index contributed by atoms with van der Waals surface area (Å²) in [5.41, 5.74) is 5.84. The third-order valence-electron chi connectivity index (χ3n) is 3.51. The van der Waals surface area contributed by atoms with Crippen LogP contribution in [0.4, 0.5) is 11.4 Å². The van der Waals surface area contributed by atoms with Gasteiger partial charge in [-0.1, -0.05) is 24.3 Å². The lowest BCUT2D eigenvalue weighted by molar-refractivity contribution is -0.114. The van der Waals surface area contributed by atoms with Crippen LogP contribution in [-0.2, 0) is 14.8 Å². The topological polar surface area (TPSA) is 119 Å². The number of sulfonamides is 1. The molecule has 0 bridgehead atoms. The Morgan fingerprint density at radius 3 is 2.35 bits per heavy atom. The second-order valence-electron chi connectivity index (χ2n) is 5.40. The average molecular weight is 377 g/mol. The Hall–Kier alpha value is -3.07. The van der Waals surface area contributed by atoms with Crippen molar-refractivity contribution in [2.45, 2.75) is 0 Å².